The van der Waals surface area contributed by atoms with E-state index in [0.717, 1.165) is 36.8 Å². The Morgan fingerprint density at radius 2 is 1.09 bits per heavy atom. The van der Waals surface area contributed by atoms with Gasteiger partial charge in [0.05, 0.1) is 11.4 Å². The van der Waals surface area contributed by atoms with E-state index in [0.29, 0.717) is 22.5 Å². The molecule has 0 spiro atoms. The van der Waals surface area contributed by atoms with Crippen LogP contribution < -0.4 is 0 Å². The van der Waals surface area contributed by atoms with Crippen LogP contribution in [-0.2, 0) is 12.8 Å². The maximum atomic E-state index is 10.5. The van der Waals surface area contributed by atoms with Gasteiger partial charge in [-0.05, 0) is 73.2 Å². The summed E-state index contributed by atoms with van der Waals surface area (Å²) >= 11 is 0. The number of nitrogens with zero attached hydrogens (tertiary/aromatic N) is 2. The van der Waals surface area contributed by atoms with Gasteiger partial charge in [0.25, 0.3) is 0 Å². The third-order valence-electron chi connectivity index (χ3n) is 5.42. The number of para-hydroxylation sites is 2. The van der Waals surface area contributed by atoms with Crippen molar-refractivity contribution in [3.63, 3.8) is 0 Å². The Balaban J connectivity index is 1.93. The average Bonchev–Trinajstić information content (AvgIpc) is 2.77. The van der Waals surface area contributed by atoms with Crippen molar-refractivity contribution < 1.29 is 10.2 Å². The molecule has 0 bridgehead atoms. The summed E-state index contributed by atoms with van der Waals surface area (Å²) < 4.78 is 0. The van der Waals surface area contributed by atoms with Crippen LogP contribution in [0.2, 0.25) is 0 Å². The average molecular weight is 429 g/mol. The molecule has 0 aromatic heterocycles. The summed E-state index contributed by atoms with van der Waals surface area (Å²) in [6.45, 7) is 8.10. The van der Waals surface area contributed by atoms with Crippen LogP contribution in [0.1, 0.15) is 60.1 Å². The number of benzene rings is 3. The fourth-order valence-corrected chi connectivity index (χ4v) is 3.79. The van der Waals surface area contributed by atoms with Crippen LogP contribution in [0.3, 0.4) is 0 Å². The minimum atomic E-state index is 0.253. The van der Waals surface area contributed by atoms with Crippen LogP contribution in [0.4, 0.5) is 11.4 Å². The molecule has 32 heavy (non-hydrogen) atoms. The van der Waals surface area contributed by atoms with Crippen molar-refractivity contribution in [1.29, 1.82) is 0 Å². The summed E-state index contributed by atoms with van der Waals surface area (Å²) in [5.74, 6) is 0.505. The quantitative estimate of drug-likeness (QED) is 0.375. The fraction of sp³-hybridized carbons (Fsp3) is 0.286. The summed E-state index contributed by atoms with van der Waals surface area (Å²) in [6.07, 6.45) is 7.40. The summed E-state index contributed by atoms with van der Waals surface area (Å²) in [5, 5.41) is 20.9. The first-order valence-corrected chi connectivity index (χ1v) is 11.2. The van der Waals surface area contributed by atoms with Crippen LogP contribution in [0.25, 0.3) is 0 Å². The summed E-state index contributed by atoms with van der Waals surface area (Å²) in [4.78, 5) is 9.24. The van der Waals surface area contributed by atoms with E-state index in [9.17, 15) is 10.2 Å². The Hall–Kier alpha value is -3.40. The molecule has 0 unspecified atom stereocenters. The predicted octanol–water partition coefficient (Wildman–Crippen LogP) is 7.12. The predicted molar refractivity (Wildman–Crippen MR) is 135 cm³/mol. The van der Waals surface area contributed by atoms with E-state index in [1.165, 1.54) is 11.1 Å². The Morgan fingerprint density at radius 1 is 0.688 bits per heavy atom. The van der Waals surface area contributed by atoms with Gasteiger partial charge in [-0.2, -0.15) is 0 Å². The molecule has 0 aliphatic heterocycles. The minimum Gasteiger partial charge on any atom is -0.507 e. The molecule has 4 heteroatoms. The van der Waals surface area contributed by atoms with Crippen LogP contribution >= 0.6 is 0 Å². The number of hydrogen-bond donors (Lipinski definition) is 2. The number of aromatic hydroxyl groups is 2. The first kappa shape index (κ1) is 23.3. The van der Waals surface area contributed by atoms with E-state index in [4.69, 9.17) is 0 Å². The van der Waals surface area contributed by atoms with E-state index in [2.05, 4.69) is 23.8 Å². The first-order chi connectivity index (χ1) is 15.4. The van der Waals surface area contributed by atoms with Crippen molar-refractivity contribution in [2.24, 2.45) is 9.98 Å². The van der Waals surface area contributed by atoms with Crippen molar-refractivity contribution >= 4 is 23.8 Å². The molecule has 0 fully saturated rings. The Labute approximate surface area is 191 Å². The molecule has 166 valence electrons. The molecule has 0 radical (unpaired) electrons. The molecule has 0 saturated heterocycles. The zero-order valence-electron chi connectivity index (χ0n) is 19.4. The molecular formula is C28H32N2O2. The second-order valence-corrected chi connectivity index (χ2v) is 8.21. The van der Waals surface area contributed by atoms with Gasteiger partial charge in [0.15, 0.2) is 0 Å². The van der Waals surface area contributed by atoms with Crippen molar-refractivity contribution in [2.75, 3.05) is 0 Å². The van der Waals surface area contributed by atoms with Gasteiger partial charge in [0, 0.05) is 23.6 Å². The Morgan fingerprint density at radius 3 is 1.47 bits per heavy atom. The van der Waals surface area contributed by atoms with Crippen LogP contribution in [0.15, 0.2) is 58.5 Å². The van der Waals surface area contributed by atoms with E-state index in [1.54, 1.807) is 12.4 Å². The third kappa shape index (κ3) is 5.64. The molecule has 0 atom stereocenters. The standard InChI is InChI=1S/C28H32N2O2/c1-5-9-21-13-19(3)27(31)23(15-21)17-29-25-11-7-8-12-26(25)30-18-24-16-22(10-6-2)14-20(4)28(24)32/h7-8,11-18,31-32H,5-6,9-10H2,1-4H3. The highest BCUT2D eigenvalue weighted by molar-refractivity contribution is 5.90. The van der Waals surface area contributed by atoms with Crippen LogP contribution in [-0.4, -0.2) is 22.6 Å². The minimum absolute atomic E-state index is 0.253. The molecule has 3 aromatic carbocycles. The van der Waals surface area contributed by atoms with E-state index >= 15 is 0 Å². The van der Waals surface area contributed by atoms with Gasteiger partial charge in [-0.1, -0.05) is 51.0 Å². The van der Waals surface area contributed by atoms with Gasteiger partial charge in [-0.15, -0.1) is 0 Å². The molecule has 3 aromatic rings. The van der Waals surface area contributed by atoms with Gasteiger partial charge >= 0.3 is 0 Å². The lowest BCUT2D eigenvalue weighted by Crippen LogP contribution is -1.92. The maximum absolute atomic E-state index is 10.5. The summed E-state index contributed by atoms with van der Waals surface area (Å²) in [7, 11) is 0. The molecule has 2 N–H and O–H groups in total. The van der Waals surface area contributed by atoms with E-state index in [1.807, 2.05) is 62.4 Å². The van der Waals surface area contributed by atoms with Crippen LogP contribution in [0.5, 0.6) is 11.5 Å². The highest BCUT2D eigenvalue weighted by atomic mass is 16.3. The molecule has 0 aliphatic rings. The number of aryl methyl sites for hydroxylation is 4. The fourth-order valence-electron chi connectivity index (χ4n) is 3.79. The van der Waals surface area contributed by atoms with Crippen LogP contribution in [0, 0.1) is 13.8 Å². The largest absolute Gasteiger partial charge is 0.507 e. The lowest BCUT2D eigenvalue weighted by atomic mass is 10.0. The van der Waals surface area contributed by atoms with Crippen molar-refractivity contribution in [3.05, 3.63) is 81.9 Å². The molecule has 0 saturated carbocycles. The number of phenols is 2. The summed E-state index contributed by atoms with van der Waals surface area (Å²) in [6, 6.07) is 15.6. The van der Waals surface area contributed by atoms with Gasteiger partial charge in [0.2, 0.25) is 0 Å². The van der Waals surface area contributed by atoms with Crippen molar-refractivity contribution in [3.8, 4) is 11.5 Å². The number of aliphatic imine (C=N–C) groups is 2. The van der Waals surface area contributed by atoms with Gasteiger partial charge in [0.1, 0.15) is 11.5 Å². The molecule has 4 nitrogen and oxygen atoms in total. The topological polar surface area (TPSA) is 65.2 Å². The zero-order chi connectivity index (χ0) is 23.1. The normalized spacial score (nSPS) is 11.6. The van der Waals surface area contributed by atoms with E-state index < -0.39 is 0 Å². The highest BCUT2D eigenvalue weighted by Crippen LogP contribution is 2.30. The van der Waals surface area contributed by atoms with Gasteiger partial charge in [-0.25, -0.2) is 0 Å². The SMILES string of the molecule is CCCc1cc(C)c(O)c(C=Nc2ccccc2N=Cc2cc(CCC)cc(C)c2O)c1. The monoisotopic (exact) mass is 428 g/mol. The molecule has 0 heterocycles. The molecular weight excluding hydrogens is 396 g/mol. The third-order valence-corrected chi connectivity index (χ3v) is 5.42. The number of hydrogen-bond acceptors (Lipinski definition) is 4. The lowest BCUT2D eigenvalue weighted by molar-refractivity contribution is 0.469. The second-order valence-electron chi connectivity index (χ2n) is 8.21. The molecule has 0 aliphatic carbocycles. The lowest BCUT2D eigenvalue weighted by Gasteiger charge is -2.08. The number of phenolic OH excluding ortho intramolecular Hbond substituents is 2. The second kappa shape index (κ2) is 10.8. The molecule has 3 rings (SSSR count). The highest BCUT2D eigenvalue weighted by Gasteiger charge is 2.08. The summed E-state index contributed by atoms with van der Waals surface area (Å²) in [5.41, 5.74) is 6.87. The van der Waals surface area contributed by atoms with E-state index in [-0.39, 0.29) is 11.5 Å². The molecule has 0 amide bonds. The Kier molecular flexibility index (Phi) is 7.82. The van der Waals surface area contributed by atoms with Crippen molar-refractivity contribution in [1.82, 2.24) is 0 Å². The van der Waals surface area contributed by atoms with Crippen molar-refractivity contribution in [2.45, 2.75) is 53.4 Å². The first-order valence-electron chi connectivity index (χ1n) is 11.2. The van der Waals surface area contributed by atoms with Gasteiger partial charge < -0.3 is 10.2 Å². The smallest absolute Gasteiger partial charge is 0.127 e. The Bertz CT molecular complexity index is 1060. The van der Waals surface area contributed by atoms with Gasteiger partial charge in [-0.3, -0.25) is 9.98 Å². The number of rotatable bonds is 8. The maximum Gasteiger partial charge on any atom is 0.127 e. The zero-order valence-corrected chi connectivity index (χ0v) is 19.4.